The van der Waals surface area contributed by atoms with Gasteiger partial charge < -0.3 is 45.2 Å². The molecule has 0 aliphatic carbocycles. The number of hydrogen-bond donors (Lipinski definition) is 5. The Balaban J connectivity index is 4.14. The molecule has 2 atom stereocenters. The first-order chi connectivity index (χ1) is 16.6. The molecule has 35 heavy (non-hydrogen) atoms. The molecule has 5 N–H and O–H groups in total. The Kier molecular flexibility index (Phi) is 17.5. The van der Waals surface area contributed by atoms with Crippen molar-refractivity contribution in [3.05, 3.63) is 0 Å². The Hall–Kier alpha value is -3.10. The fourth-order valence-electron chi connectivity index (χ4n) is 2.53. The molecule has 0 aromatic carbocycles. The van der Waals surface area contributed by atoms with Crippen molar-refractivity contribution in [1.82, 2.24) is 16.0 Å². The van der Waals surface area contributed by atoms with Crippen LogP contribution in [0.4, 0.5) is 0 Å². The van der Waals surface area contributed by atoms with Crippen molar-refractivity contribution in [3.8, 4) is 0 Å². The maximum atomic E-state index is 12.0. The molecule has 0 aromatic rings. The lowest BCUT2D eigenvalue weighted by Crippen LogP contribution is -2.45. The number of carboxylic acid groups (broad SMARTS) is 2. The zero-order valence-electron chi connectivity index (χ0n) is 20.0. The Morgan fingerprint density at radius 3 is 1.83 bits per heavy atom. The normalized spacial score (nSPS) is 12.3. The van der Waals surface area contributed by atoms with Crippen LogP contribution in [0.5, 0.6) is 0 Å². The average Bonchev–Trinajstić information content (AvgIpc) is 2.78. The molecule has 3 amide bonds. The summed E-state index contributed by atoms with van der Waals surface area (Å²) < 4.78 is 15.3. The highest BCUT2D eigenvalue weighted by Gasteiger charge is 2.24. The number of carbonyl (C=O) groups excluding carboxylic acids is 4. The largest absolute Gasteiger partial charge is 0.480 e. The molecule has 0 rings (SSSR count). The molecule has 14 nitrogen and oxygen atoms in total. The SMILES string of the molecule is CCOCC(=O)NCCOCCOCC(=O)N[C@@H](CCC(=O)N[C@@H](CCC(C)=O)C(=O)O)C(=O)O. The predicted molar refractivity (Wildman–Crippen MR) is 119 cm³/mol. The number of hydrogen-bond acceptors (Lipinski definition) is 9. The van der Waals surface area contributed by atoms with E-state index in [1.165, 1.54) is 6.92 Å². The van der Waals surface area contributed by atoms with Crippen LogP contribution in [0, 0.1) is 0 Å². The molecule has 0 aliphatic rings. The molecular weight excluding hydrogens is 470 g/mol. The number of aliphatic carboxylic acids is 2. The third kappa shape index (κ3) is 18.0. The Bertz CT molecular complexity index is 715. The van der Waals surface area contributed by atoms with Gasteiger partial charge in [-0.05, 0) is 26.7 Å². The number of Topliss-reactive ketones (excluding diaryl/α,β-unsaturated/α-hetero) is 1. The number of carbonyl (C=O) groups is 6. The van der Waals surface area contributed by atoms with E-state index in [0.29, 0.717) is 6.61 Å². The summed E-state index contributed by atoms with van der Waals surface area (Å²) in [4.78, 5) is 68.7. The van der Waals surface area contributed by atoms with Crippen molar-refractivity contribution in [3.63, 3.8) is 0 Å². The highest BCUT2D eigenvalue weighted by atomic mass is 16.5. The van der Waals surface area contributed by atoms with Crippen LogP contribution in [0.25, 0.3) is 0 Å². The van der Waals surface area contributed by atoms with Crippen molar-refractivity contribution in [2.75, 3.05) is 46.2 Å². The van der Waals surface area contributed by atoms with E-state index in [1.54, 1.807) is 6.92 Å². The van der Waals surface area contributed by atoms with E-state index in [1.807, 2.05) is 0 Å². The Morgan fingerprint density at radius 1 is 0.714 bits per heavy atom. The van der Waals surface area contributed by atoms with Gasteiger partial charge >= 0.3 is 11.9 Å². The van der Waals surface area contributed by atoms with Gasteiger partial charge in [0, 0.05) is 26.0 Å². The molecule has 0 heterocycles. The van der Waals surface area contributed by atoms with Crippen LogP contribution in [0.3, 0.4) is 0 Å². The molecule has 0 radical (unpaired) electrons. The van der Waals surface area contributed by atoms with Crippen LogP contribution in [0.2, 0.25) is 0 Å². The highest BCUT2D eigenvalue weighted by molar-refractivity contribution is 5.86. The molecule has 0 aliphatic heterocycles. The van der Waals surface area contributed by atoms with E-state index in [9.17, 15) is 33.9 Å². The van der Waals surface area contributed by atoms with Crippen molar-refractivity contribution in [1.29, 1.82) is 0 Å². The fourth-order valence-corrected chi connectivity index (χ4v) is 2.53. The monoisotopic (exact) mass is 505 g/mol. The zero-order valence-corrected chi connectivity index (χ0v) is 20.0. The summed E-state index contributed by atoms with van der Waals surface area (Å²) in [5, 5.41) is 25.4. The van der Waals surface area contributed by atoms with E-state index in [2.05, 4.69) is 16.0 Å². The zero-order chi connectivity index (χ0) is 26.6. The Labute approximate surface area is 203 Å². The maximum Gasteiger partial charge on any atom is 0.326 e. The lowest BCUT2D eigenvalue weighted by atomic mass is 10.1. The first-order valence-electron chi connectivity index (χ1n) is 11.1. The minimum atomic E-state index is -1.38. The van der Waals surface area contributed by atoms with Gasteiger partial charge in [-0.2, -0.15) is 0 Å². The summed E-state index contributed by atoms with van der Waals surface area (Å²) in [6, 6.07) is -2.65. The number of ketones is 1. The van der Waals surface area contributed by atoms with E-state index >= 15 is 0 Å². The smallest absolute Gasteiger partial charge is 0.326 e. The van der Waals surface area contributed by atoms with Gasteiger partial charge in [0.25, 0.3) is 0 Å². The van der Waals surface area contributed by atoms with E-state index in [4.69, 9.17) is 19.3 Å². The van der Waals surface area contributed by atoms with Crippen LogP contribution in [0.1, 0.15) is 39.5 Å². The lowest BCUT2D eigenvalue weighted by Gasteiger charge is -2.16. The third-order valence-corrected chi connectivity index (χ3v) is 4.32. The number of carboxylic acids is 2. The first kappa shape index (κ1) is 31.9. The number of rotatable bonds is 21. The summed E-state index contributed by atoms with van der Waals surface area (Å²) >= 11 is 0. The molecule has 0 fully saturated rings. The summed E-state index contributed by atoms with van der Waals surface area (Å²) in [6.07, 6.45) is -0.735. The first-order valence-corrected chi connectivity index (χ1v) is 11.1. The van der Waals surface area contributed by atoms with Crippen molar-refractivity contribution in [2.45, 2.75) is 51.6 Å². The van der Waals surface area contributed by atoms with E-state index in [-0.39, 0.29) is 70.3 Å². The van der Waals surface area contributed by atoms with Crippen molar-refractivity contribution in [2.24, 2.45) is 0 Å². The summed E-state index contributed by atoms with van der Waals surface area (Å²) in [5.41, 5.74) is 0. The molecule has 0 aromatic heterocycles. The van der Waals surface area contributed by atoms with Gasteiger partial charge in [-0.1, -0.05) is 0 Å². The van der Waals surface area contributed by atoms with E-state index < -0.39 is 42.4 Å². The van der Waals surface area contributed by atoms with Crippen molar-refractivity contribution >= 4 is 35.4 Å². The van der Waals surface area contributed by atoms with Crippen molar-refractivity contribution < 1.29 is 53.2 Å². The molecule has 0 saturated carbocycles. The van der Waals surface area contributed by atoms with Gasteiger partial charge in [-0.15, -0.1) is 0 Å². The molecule has 14 heteroatoms. The van der Waals surface area contributed by atoms with Crippen LogP contribution in [-0.2, 0) is 43.0 Å². The molecular formula is C21H35N3O11. The average molecular weight is 506 g/mol. The summed E-state index contributed by atoms with van der Waals surface area (Å²) in [6.45, 7) is 3.76. The second kappa shape index (κ2) is 19.2. The molecule has 0 bridgehead atoms. The maximum absolute atomic E-state index is 12.0. The third-order valence-electron chi connectivity index (χ3n) is 4.32. The van der Waals surface area contributed by atoms with Gasteiger partial charge in [-0.3, -0.25) is 14.4 Å². The summed E-state index contributed by atoms with van der Waals surface area (Å²) in [7, 11) is 0. The number of nitrogens with one attached hydrogen (secondary N) is 3. The quantitative estimate of drug-likeness (QED) is 0.113. The standard InChI is InChI=1S/C21H35N3O11/c1-3-33-12-18(27)22-8-9-34-10-11-35-13-19(28)24-16(21(31)32)6-7-17(26)23-15(20(29)30)5-4-14(2)25/h15-16H,3-13H2,1-2H3,(H,22,27)(H,23,26)(H,24,28)(H,29,30)(H,31,32)/t15-,16-/m0/s1. The van der Waals surface area contributed by atoms with Crippen LogP contribution in [-0.4, -0.2) is 104 Å². The molecule has 0 spiro atoms. The topological polar surface area (TPSA) is 207 Å². The van der Waals surface area contributed by atoms with Crippen LogP contribution >= 0.6 is 0 Å². The molecule has 0 saturated heterocycles. The highest BCUT2D eigenvalue weighted by Crippen LogP contribution is 2.03. The fraction of sp³-hybridized carbons (Fsp3) is 0.714. The minimum Gasteiger partial charge on any atom is -0.480 e. The minimum absolute atomic E-state index is 0.0267. The number of amides is 3. The van der Waals surface area contributed by atoms with Crippen LogP contribution < -0.4 is 16.0 Å². The lowest BCUT2D eigenvalue weighted by molar-refractivity contribution is -0.144. The molecule has 200 valence electrons. The van der Waals surface area contributed by atoms with Crippen LogP contribution in [0.15, 0.2) is 0 Å². The number of ether oxygens (including phenoxy) is 3. The molecule has 0 unspecified atom stereocenters. The Morgan fingerprint density at radius 2 is 1.26 bits per heavy atom. The van der Waals surface area contributed by atoms with Gasteiger partial charge in [0.05, 0.1) is 19.8 Å². The van der Waals surface area contributed by atoms with Gasteiger partial charge in [0.1, 0.15) is 31.1 Å². The second-order valence-corrected chi connectivity index (χ2v) is 7.35. The predicted octanol–water partition coefficient (Wildman–Crippen LogP) is -1.54. The van der Waals surface area contributed by atoms with Gasteiger partial charge in [-0.25, -0.2) is 9.59 Å². The second-order valence-electron chi connectivity index (χ2n) is 7.35. The van der Waals surface area contributed by atoms with E-state index in [0.717, 1.165) is 0 Å². The summed E-state index contributed by atoms with van der Waals surface area (Å²) in [5.74, 6) is -4.60. The van der Waals surface area contributed by atoms with Gasteiger partial charge in [0.2, 0.25) is 17.7 Å². The van der Waals surface area contributed by atoms with Gasteiger partial charge in [0.15, 0.2) is 0 Å².